The van der Waals surface area contributed by atoms with Crippen molar-refractivity contribution in [2.45, 2.75) is 42.3 Å². The number of halogens is 2. The summed E-state index contributed by atoms with van der Waals surface area (Å²) in [5.41, 5.74) is 7.82. The van der Waals surface area contributed by atoms with Crippen LogP contribution in [0, 0.1) is 5.82 Å². The molecule has 156 valence electrons. The van der Waals surface area contributed by atoms with E-state index >= 15 is 0 Å². The van der Waals surface area contributed by atoms with Crippen molar-refractivity contribution in [1.29, 1.82) is 0 Å². The summed E-state index contributed by atoms with van der Waals surface area (Å²) in [6.45, 7) is 1.66. The highest BCUT2D eigenvalue weighted by molar-refractivity contribution is 7.90. The lowest BCUT2D eigenvalue weighted by molar-refractivity contribution is 0.0592. The number of piperidine rings is 1. The molecule has 4 rings (SSSR count). The van der Waals surface area contributed by atoms with Crippen molar-refractivity contribution in [3.05, 3.63) is 58.4 Å². The summed E-state index contributed by atoms with van der Waals surface area (Å²) in [5, 5.41) is 0.407. The molecule has 1 fully saturated rings. The molecular weight excluding hydrogens is 415 g/mol. The van der Waals surface area contributed by atoms with Gasteiger partial charge in [-0.25, -0.2) is 12.8 Å². The molecular formula is C21H24ClFN2O3S. The van der Waals surface area contributed by atoms with Gasteiger partial charge >= 0.3 is 0 Å². The predicted molar refractivity (Wildman–Crippen MR) is 111 cm³/mol. The molecule has 5 nitrogen and oxygen atoms in total. The lowest BCUT2D eigenvalue weighted by atomic mass is 10.0. The molecule has 8 heteroatoms. The second kappa shape index (κ2) is 7.87. The quantitative estimate of drug-likeness (QED) is 0.792. The maximum absolute atomic E-state index is 14.1. The number of likely N-dealkylation sites (tertiary alicyclic amines) is 1. The van der Waals surface area contributed by atoms with Gasteiger partial charge in [-0.05, 0) is 67.8 Å². The number of nitrogens with two attached hydrogens (primary N) is 1. The lowest BCUT2D eigenvalue weighted by Crippen LogP contribution is -2.49. The van der Waals surface area contributed by atoms with E-state index in [2.05, 4.69) is 4.90 Å². The third-order valence-corrected chi connectivity index (χ3v) is 7.20. The van der Waals surface area contributed by atoms with Gasteiger partial charge in [0.2, 0.25) is 0 Å². The molecule has 2 aromatic carbocycles. The summed E-state index contributed by atoms with van der Waals surface area (Å²) in [5.74, 6) is 0.132. The van der Waals surface area contributed by atoms with Gasteiger partial charge in [-0.1, -0.05) is 11.6 Å². The summed E-state index contributed by atoms with van der Waals surface area (Å²) < 4.78 is 43.8. The Bertz CT molecular complexity index is 1010. The molecule has 1 aliphatic carbocycles. The fourth-order valence-electron chi connectivity index (χ4n) is 4.33. The minimum Gasteiger partial charge on any atom is -0.484 e. The molecule has 0 spiro atoms. The molecule has 0 amide bonds. The van der Waals surface area contributed by atoms with E-state index in [-0.39, 0.29) is 17.0 Å². The first-order valence-electron chi connectivity index (χ1n) is 9.66. The Hall–Kier alpha value is -1.67. The highest BCUT2D eigenvalue weighted by atomic mass is 35.5. The Morgan fingerprint density at radius 2 is 1.97 bits per heavy atom. The molecule has 1 heterocycles. The van der Waals surface area contributed by atoms with Crippen LogP contribution in [-0.2, 0) is 16.3 Å². The molecule has 29 heavy (non-hydrogen) atoms. The average molecular weight is 439 g/mol. The zero-order valence-corrected chi connectivity index (χ0v) is 17.7. The van der Waals surface area contributed by atoms with Crippen molar-refractivity contribution >= 4 is 21.4 Å². The largest absolute Gasteiger partial charge is 0.484 e. The van der Waals surface area contributed by atoms with Gasteiger partial charge in [0.25, 0.3) is 0 Å². The summed E-state index contributed by atoms with van der Waals surface area (Å²) >= 11 is 6.34. The van der Waals surface area contributed by atoms with Crippen LogP contribution in [0.15, 0.2) is 41.3 Å². The van der Waals surface area contributed by atoms with E-state index in [0.29, 0.717) is 17.2 Å². The normalized spacial score (nSPS) is 25.0. The molecule has 2 aliphatic rings. The number of nitrogens with zero attached hydrogens (tertiary/aromatic N) is 1. The highest BCUT2D eigenvalue weighted by Crippen LogP contribution is 2.42. The van der Waals surface area contributed by atoms with Gasteiger partial charge in [0, 0.05) is 29.4 Å². The highest BCUT2D eigenvalue weighted by Gasteiger charge is 2.40. The van der Waals surface area contributed by atoms with Gasteiger partial charge in [0.15, 0.2) is 9.84 Å². The molecule has 0 bridgehead atoms. The Kier molecular flexibility index (Phi) is 5.59. The Balaban J connectivity index is 1.67. The van der Waals surface area contributed by atoms with E-state index in [9.17, 15) is 12.8 Å². The SMILES string of the molecule is CS(=O)(=O)c1ccc(OC2c3cc(F)cc(Cl)c3CC2N2CCC[C@@H](N)C2)cc1. The summed E-state index contributed by atoms with van der Waals surface area (Å²) in [6.07, 6.45) is 3.41. The van der Waals surface area contributed by atoms with Crippen molar-refractivity contribution in [2.75, 3.05) is 19.3 Å². The third-order valence-electron chi connectivity index (χ3n) is 5.74. The average Bonchev–Trinajstić information content (AvgIpc) is 3.00. The van der Waals surface area contributed by atoms with E-state index in [4.69, 9.17) is 22.1 Å². The number of hydrogen-bond donors (Lipinski definition) is 1. The molecule has 3 atom stereocenters. The van der Waals surface area contributed by atoms with Gasteiger partial charge in [-0.15, -0.1) is 0 Å². The van der Waals surface area contributed by atoms with E-state index in [1.54, 1.807) is 12.1 Å². The van der Waals surface area contributed by atoms with E-state index in [1.165, 1.54) is 24.3 Å². The summed E-state index contributed by atoms with van der Waals surface area (Å²) in [6, 6.07) is 9.22. The van der Waals surface area contributed by atoms with Crippen molar-refractivity contribution in [2.24, 2.45) is 5.73 Å². The topological polar surface area (TPSA) is 72.6 Å². The second-order valence-electron chi connectivity index (χ2n) is 7.91. The number of fused-ring (bicyclic) bond motifs is 1. The molecule has 0 saturated carbocycles. The van der Waals surface area contributed by atoms with Crippen LogP contribution in [-0.4, -0.2) is 44.7 Å². The lowest BCUT2D eigenvalue weighted by Gasteiger charge is -2.38. The maximum atomic E-state index is 14.1. The van der Waals surface area contributed by atoms with E-state index in [1.807, 2.05) is 0 Å². The number of rotatable bonds is 4. The molecule has 2 N–H and O–H groups in total. The summed E-state index contributed by atoms with van der Waals surface area (Å²) in [7, 11) is -3.29. The fourth-order valence-corrected chi connectivity index (χ4v) is 5.25. The van der Waals surface area contributed by atoms with Crippen molar-refractivity contribution in [3.63, 3.8) is 0 Å². The maximum Gasteiger partial charge on any atom is 0.175 e. The molecule has 0 radical (unpaired) electrons. The van der Waals surface area contributed by atoms with Crippen LogP contribution in [0.5, 0.6) is 5.75 Å². The standard InChI is InChI=1S/C21H24ClFN2O3S/c1-29(26,27)16-6-4-15(5-7-16)28-21-18-9-13(23)10-19(22)17(18)11-20(21)25-8-2-3-14(24)12-25/h4-7,9-10,14,20-21H,2-3,8,11-12,24H2,1H3/t14-,20?,21?/m1/s1. The summed E-state index contributed by atoms with van der Waals surface area (Å²) in [4.78, 5) is 2.53. The molecule has 1 aliphatic heterocycles. The van der Waals surface area contributed by atoms with Gasteiger partial charge in [-0.3, -0.25) is 4.90 Å². The monoisotopic (exact) mass is 438 g/mol. The van der Waals surface area contributed by atoms with Crippen LogP contribution in [0.4, 0.5) is 4.39 Å². The molecule has 2 aromatic rings. The van der Waals surface area contributed by atoms with Crippen LogP contribution < -0.4 is 10.5 Å². The first-order valence-corrected chi connectivity index (χ1v) is 11.9. The predicted octanol–water partition coefficient (Wildman–Crippen LogP) is 3.35. The smallest absolute Gasteiger partial charge is 0.175 e. The van der Waals surface area contributed by atoms with E-state index < -0.39 is 21.8 Å². The number of ether oxygens (including phenoxy) is 1. The van der Waals surface area contributed by atoms with Gasteiger partial charge in [0.05, 0.1) is 10.9 Å². The van der Waals surface area contributed by atoms with Crippen LogP contribution in [0.2, 0.25) is 5.02 Å². The van der Waals surface area contributed by atoms with Crippen LogP contribution in [0.1, 0.15) is 30.1 Å². The van der Waals surface area contributed by atoms with Gasteiger partial charge in [-0.2, -0.15) is 0 Å². The number of benzene rings is 2. The molecule has 0 aromatic heterocycles. The van der Waals surface area contributed by atoms with Crippen molar-refractivity contribution in [1.82, 2.24) is 4.90 Å². The Labute approximate surface area is 175 Å². The number of hydrogen-bond acceptors (Lipinski definition) is 5. The van der Waals surface area contributed by atoms with E-state index in [0.717, 1.165) is 43.3 Å². The molecule has 1 saturated heterocycles. The van der Waals surface area contributed by atoms with Crippen LogP contribution >= 0.6 is 11.6 Å². The first-order chi connectivity index (χ1) is 13.7. The Morgan fingerprint density at radius 3 is 2.62 bits per heavy atom. The fraction of sp³-hybridized carbons (Fsp3) is 0.429. The van der Waals surface area contributed by atoms with Crippen molar-refractivity contribution < 1.29 is 17.5 Å². The third kappa shape index (κ3) is 4.28. The minimum absolute atomic E-state index is 0.00904. The van der Waals surface area contributed by atoms with Crippen LogP contribution in [0.25, 0.3) is 0 Å². The van der Waals surface area contributed by atoms with Crippen molar-refractivity contribution in [3.8, 4) is 5.75 Å². The van der Waals surface area contributed by atoms with Crippen LogP contribution in [0.3, 0.4) is 0 Å². The zero-order valence-electron chi connectivity index (χ0n) is 16.1. The Morgan fingerprint density at radius 1 is 1.24 bits per heavy atom. The minimum atomic E-state index is -3.29. The number of sulfone groups is 1. The van der Waals surface area contributed by atoms with Gasteiger partial charge in [0.1, 0.15) is 17.7 Å². The zero-order chi connectivity index (χ0) is 20.8. The second-order valence-corrected chi connectivity index (χ2v) is 10.3. The molecule has 2 unspecified atom stereocenters. The first kappa shape index (κ1) is 20.6. The van der Waals surface area contributed by atoms with Gasteiger partial charge < -0.3 is 10.5 Å².